The number of carbonyl (C=O) groups is 2. The van der Waals surface area contributed by atoms with Crippen molar-refractivity contribution in [2.45, 2.75) is 6.54 Å². The van der Waals surface area contributed by atoms with Crippen molar-refractivity contribution < 1.29 is 9.59 Å². The van der Waals surface area contributed by atoms with E-state index in [1.54, 1.807) is 42.5 Å². The Morgan fingerprint density at radius 1 is 0.839 bits per heavy atom. The Kier molecular flexibility index (Phi) is 5.68. The van der Waals surface area contributed by atoms with Crippen LogP contribution in [0.5, 0.6) is 0 Å². The van der Waals surface area contributed by atoms with E-state index in [4.69, 9.17) is 0 Å². The first-order valence-electron chi connectivity index (χ1n) is 9.68. The summed E-state index contributed by atoms with van der Waals surface area (Å²) in [7, 11) is 0. The Hall–Kier alpha value is -4.50. The summed E-state index contributed by atoms with van der Waals surface area (Å²) in [6.07, 6.45) is 0. The number of nitriles is 1. The van der Waals surface area contributed by atoms with Gasteiger partial charge in [-0.15, -0.1) is 0 Å². The summed E-state index contributed by atoms with van der Waals surface area (Å²) >= 11 is 0. The normalized spacial score (nSPS) is 13.5. The fourth-order valence-electron chi connectivity index (χ4n) is 3.26. The molecule has 2 N–H and O–H groups in total. The second-order valence-electron chi connectivity index (χ2n) is 6.83. The van der Waals surface area contributed by atoms with Gasteiger partial charge in [-0.05, 0) is 17.7 Å². The zero-order chi connectivity index (χ0) is 21.6. The highest BCUT2D eigenvalue weighted by Crippen LogP contribution is 2.30. The van der Waals surface area contributed by atoms with Crippen LogP contribution in [0.25, 0.3) is 5.70 Å². The molecule has 2 amide bonds. The minimum Gasteiger partial charge on any atom is -0.347 e. The number of carbonyl (C=O) groups excluding carboxylic acids is 2. The third kappa shape index (κ3) is 4.26. The maximum Gasteiger partial charge on any atom is 0.264 e. The summed E-state index contributed by atoms with van der Waals surface area (Å²) < 4.78 is 0. The molecule has 31 heavy (non-hydrogen) atoms. The molecule has 1 aliphatic rings. The fraction of sp³-hybridized carbons (Fsp3) is 0.0400. The number of fused-ring (bicyclic) bond motifs is 1. The number of hydrogen-bond acceptors (Lipinski definition) is 4. The number of hydrogen-bond donors (Lipinski definition) is 2. The molecule has 0 aliphatic carbocycles. The van der Waals surface area contributed by atoms with Crippen molar-refractivity contribution in [3.05, 3.63) is 113 Å². The third-order valence-electron chi connectivity index (χ3n) is 4.80. The van der Waals surface area contributed by atoms with Gasteiger partial charge in [0.2, 0.25) is 0 Å². The monoisotopic (exact) mass is 406 g/mol. The van der Waals surface area contributed by atoms with E-state index >= 15 is 0 Å². The molecule has 6 nitrogen and oxygen atoms in total. The van der Waals surface area contributed by atoms with E-state index < -0.39 is 5.91 Å². The number of aliphatic imine (C=N–C) groups is 1. The highest BCUT2D eigenvalue weighted by atomic mass is 16.2. The van der Waals surface area contributed by atoms with Gasteiger partial charge in [0.15, 0.2) is 0 Å². The van der Waals surface area contributed by atoms with E-state index in [-0.39, 0.29) is 17.2 Å². The highest BCUT2D eigenvalue weighted by molar-refractivity contribution is 6.20. The number of nitrogens with zero attached hydrogens (tertiary/aromatic N) is 2. The molecule has 150 valence electrons. The molecule has 1 heterocycles. The van der Waals surface area contributed by atoms with Crippen LogP contribution >= 0.6 is 0 Å². The topological polar surface area (TPSA) is 94.3 Å². The van der Waals surface area contributed by atoms with Crippen LogP contribution in [0.15, 0.2) is 95.5 Å². The highest BCUT2D eigenvalue weighted by Gasteiger charge is 2.27. The largest absolute Gasteiger partial charge is 0.347 e. The molecule has 0 fully saturated rings. The molecule has 0 radical (unpaired) electrons. The van der Waals surface area contributed by atoms with Crippen LogP contribution in [0, 0.1) is 11.3 Å². The summed E-state index contributed by atoms with van der Waals surface area (Å²) in [5.41, 5.74) is 2.83. The van der Waals surface area contributed by atoms with Gasteiger partial charge in [-0.25, -0.2) is 4.99 Å². The van der Waals surface area contributed by atoms with Crippen molar-refractivity contribution in [3.8, 4) is 6.07 Å². The van der Waals surface area contributed by atoms with E-state index in [9.17, 15) is 14.9 Å². The van der Waals surface area contributed by atoms with Crippen LogP contribution in [-0.2, 0) is 11.3 Å². The molecular formula is C25H18N4O2. The maximum absolute atomic E-state index is 12.7. The van der Waals surface area contributed by atoms with E-state index in [1.807, 2.05) is 48.5 Å². The molecule has 0 spiro atoms. The standard InChI is InChI=1S/C25H18N4O2/c26-15-21(25(31)27-16-17-9-3-1-4-10-17)22-19-13-7-8-14-20(19)23(28-22)29-24(30)18-11-5-2-6-12-18/h1-14H,16H2,(H,27,31)(H,28,29,30)/b22-21+. The van der Waals surface area contributed by atoms with Crippen LogP contribution < -0.4 is 10.6 Å². The number of amides is 2. The molecule has 6 heteroatoms. The van der Waals surface area contributed by atoms with Crippen molar-refractivity contribution in [1.29, 1.82) is 5.26 Å². The van der Waals surface area contributed by atoms with Crippen LogP contribution in [0.4, 0.5) is 0 Å². The minimum absolute atomic E-state index is 0.104. The van der Waals surface area contributed by atoms with Gasteiger partial charge in [0.1, 0.15) is 17.5 Å². The fourth-order valence-corrected chi connectivity index (χ4v) is 3.26. The Bertz CT molecular complexity index is 1240. The average Bonchev–Trinajstić information content (AvgIpc) is 3.17. The Morgan fingerprint density at radius 2 is 1.45 bits per heavy atom. The average molecular weight is 406 g/mol. The lowest BCUT2D eigenvalue weighted by molar-refractivity contribution is -0.117. The van der Waals surface area contributed by atoms with Gasteiger partial charge in [-0.2, -0.15) is 5.26 Å². The maximum atomic E-state index is 12.7. The van der Waals surface area contributed by atoms with Gasteiger partial charge >= 0.3 is 0 Å². The van der Waals surface area contributed by atoms with E-state index in [1.165, 1.54) is 0 Å². The lowest BCUT2D eigenvalue weighted by Crippen LogP contribution is -2.30. The van der Waals surface area contributed by atoms with Crippen LogP contribution in [0.2, 0.25) is 0 Å². The van der Waals surface area contributed by atoms with Gasteiger partial charge in [-0.1, -0.05) is 72.8 Å². The molecule has 3 aromatic carbocycles. The van der Waals surface area contributed by atoms with Gasteiger partial charge in [0.25, 0.3) is 11.8 Å². The second-order valence-corrected chi connectivity index (χ2v) is 6.83. The molecular weight excluding hydrogens is 388 g/mol. The lowest BCUT2D eigenvalue weighted by atomic mass is 10.0. The Balaban J connectivity index is 1.64. The molecule has 0 saturated carbocycles. The second kappa shape index (κ2) is 8.89. The van der Waals surface area contributed by atoms with Crippen LogP contribution in [-0.4, -0.2) is 17.6 Å². The van der Waals surface area contributed by atoms with E-state index in [0.717, 1.165) is 5.56 Å². The molecule has 1 aliphatic heterocycles. The SMILES string of the molecule is N#C/C(C(=O)NCc1ccccc1)=C1\N=C(NC(=O)c2ccccc2)c2ccccc21. The van der Waals surface area contributed by atoms with Crippen molar-refractivity contribution >= 4 is 23.3 Å². The summed E-state index contributed by atoms with van der Waals surface area (Å²) in [4.78, 5) is 29.8. The summed E-state index contributed by atoms with van der Waals surface area (Å²) in [6.45, 7) is 0.293. The number of amidine groups is 1. The van der Waals surface area contributed by atoms with E-state index in [0.29, 0.717) is 29.1 Å². The number of nitrogens with one attached hydrogen (secondary N) is 2. The van der Waals surface area contributed by atoms with Gasteiger partial charge in [0.05, 0.1) is 5.70 Å². The van der Waals surface area contributed by atoms with Crippen molar-refractivity contribution in [1.82, 2.24) is 10.6 Å². The van der Waals surface area contributed by atoms with Crippen molar-refractivity contribution in [2.24, 2.45) is 4.99 Å². The van der Waals surface area contributed by atoms with Crippen LogP contribution in [0.1, 0.15) is 27.0 Å². The minimum atomic E-state index is -0.518. The zero-order valence-electron chi connectivity index (χ0n) is 16.5. The molecule has 0 aromatic heterocycles. The molecule has 3 aromatic rings. The predicted molar refractivity (Wildman–Crippen MR) is 118 cm³/mol. The first-order chi connectivity index (χ1) is 15.2. The number of benzene rings is 3. The smallest absolute Gasteiger partial charge is 0.264 e. The Morgan fingerprint density at radius 3 is 2.13 bits per heavy atom. The lowest BCUT2D eigenvalue weighted by Gasteiger charge is -2.06. The number of rotatable bonds is 4. The molecule has 0 atom stereocenters. The first-order valence-corrected chi connectivity index (χ1v) is 9.68. The third-order valence-corrected chi connectivity index (χ3v) is 4.80. The van der Waals surface area contributed by atoms with Gasteiger partial charge in [0, 0.05) is 23.2 Å². The quantitative estimate of drug-likeness (QED) is 0.513. The zero-order valence-corrected chi connectivity index (χ0v) is 16.5. The van der Waals surface area contributed by atoms with Crippen LogP contribution in [0.3, 0.4) is 0 Å². The summed E-state index contributed by atoms with van der Waals surface area (Å²) in [6, 6.07) is 27.4. The van der Waals surface area contributed by atoms with Crippen molar-refractivity contribution in [3.63, 3.8) is 0 Å². The first kappa shape index (κ1) is 19.8. The predicted octanol–water partition coefficient (Wildman–Crippen LogP) is 3.43. The Labute approximate surface area is 179 Å². The van der Waals surface area contributed by atoms with Gasteiger partial charge in [-0.3, -0.25) is 9.59 Å². The molecule has 4 rings (SSSR count). The van der Waals surface area contributed by atoms with E-state index in [2.05, 4.69) is 15.6 Å². The van der Waals surface area contributed by atoms with Gasteiger partial charge < -0.3 is 10.6 Å². The summed E-state index contributed by atoms with van der Waals surface area (Å²) in [5, 5.41) is 15.3. The molecule has 0 bridgehead atoms. The summed E-state index contributed by atoms with van der Waals surface area (Å²) in [5.74, 6) is -0.527. The molecule has 0 saturated heterocycles. The molecule has 0 unspecified atom stereocenters. The van der Waals surface area contributed by atoms with Crippen molar-refractivity contribution in [2.75, 3.05) is 0 Å².